The molecule has 1 aliphatic rings. The van der Waals surface area contributed by atoms with Crippen LogP contribution >= 0.6 is 0 Å². The molecule has 130 valence electrons. The summed E-state index contributed by atoms with van der Waals surface area (Å²) >= 11 is 0. The van der Waals surface area contributed by atoms with E-state index in [1.807, 2.05) is 19.0 Å². The van der Waals surface area contributed by atoms with Crippen LogP contribution in [0.5, 0.6) is 0 Å². The smallest absolute Gasteiger partial charge is 0.219 e. The van der Waals surface area contributed by atoms with Crippen LogP contribution in [0.1, 0.15) is 18.9 Å². The summed E-state index contributed by atoms with van der Waals surface area (Å²) in [5.74, 6) is -0.356. The van der Waals surface area contributed by atoms with Crippen molar-refractivity contribution < 1.29 is 17.5 Å². The van der Waals surface area contributed by atoms with Crippen molar-refractivity contribution >= 4 is 10.0 Å². The van der Waals surface area contributed by atoms with Gasteiger partial charge in [0, 0.05) is 26.2 Å². The van der Waals surface area contributed by atoms with E-state index >= 15 is 0 Å². The van der Waals surface area contributed by atoms with Crippen molar-refractivity contribution in [3.05, 3.63) is 35.6 Å². The lowest BCUT2D eigenvalue weighted by Gasteiger charge is -2.28. The molecule has 2 atom stereocenters. The molecule has 2 rings (SSSR count). The lowest BCUT2D eigenvalue weighted by molar-refractivity contribution is 0.125. The molecule has 1 aromatic carbocycles. The van der Waals surface area contributed by atoms with E-state index in [-0.39, 0.29) is 18.5 Å². The van der Waals surface area contributed by atoms with E-state index in [9.17, 15) is 12.8 Å². The molecular formula is C16H25FN2O3S. The number of hydrogen-bond donors (Lipinski definition) is 0. The molecule has 0 spiro atoms. The van der Waals surface area contributed by atoms with Gasteiger partial charge in [-0.15, -0.1) is 0 Å². The van der Waals surface area contributed by atoms with Gasteiger partial charge in [-0.2, -0.15) is 4.31 Å². The summed E-state index contributed by atoms with van der Waals surface area (Å²) in [4.78, 5) is 1.93. The average molecular weight is 344 g/mol. The van der Waals surface area contributed by atoms with Gasteiger partial charge in [-0.05, 0) is 45.1 Å². The molecule has 0 aromatic heterocycles. The minimum absolute atomic E-state index is 0.178. The summed E-state index contributed by atoms with van der Waals surface area (Å²) in [7, 11) is 0.297. The topological polar surface area (TPSA) is 49.9 Å². The van der Waals surface area contributed by atoms with E-state index in [4.69, 9.17) is 4.74 Å². The second-order valence-corrected chi connectivity index (χ2v) is 8.37. The molecule has 1 aromatic rings. The van der Waals surface area contributed by atoms with Gasteiger partial charge >= 0.3 is 0 Å². The Labute approximate surface area is 138 Å². The van der Waals surface area contributed by atoms with Crippen LogP contribution in [0.2, 0.25) is 0 Å². The number of ether oxygens (including phenoxy) is 1. The summed E-state index contributed by atoms with van der Waals surface area (Å²) in [6, 6.07) is 6.08. The third kappa shape index (κ3) is 4.73. The van der Waals surface area contributed by atoms with E-state index in [2.05, 4.69) is 0 Å². The Morgan fingerprint density at radius 3 is 2.61 bits per heavy atom. The van der Waals surface area contributed by atoms with Crippen LogP contribution in [0.3, 0.4) is 0 Å². The Kier molecular flexibility index (Phi) is 6.13. The van der Waals surface area contributed by atoms with Crippen molar-refractivity contribution in [2.24, 2.45) is 0 Å². The summed E-state index contributed by atoms with van der Waals surface area (Å²) < 4.78 is 46.2. The van der Waals surface area contributed by atoms with Crippen molar-refractivity contribution in [3.8, 4) is 0 Å². The van der Waals surface area contributed by atoms with Crippen LogP contribution in [0.25, 0.3) is 0 Å². The van der Waals surface area contributed by atoms with Crippen molar-refractivity contribution in [3.63, 3.8) is 0 Å². The summed E-state index contributed by atoms with van der Waals surface area (Å²) in [6.07, 6.45) is 0.194. The van der Waals surface area contributed by atoms with Crippen LogP contribution in [0.4, 0.5) is 4.39 Å². The SMILES string of the molecule is C[C@H]1OCC[C@H]1S(=O)(=O)N(CCN(C)C)Cc1cccc(F)c1. The molecule has 7 heteroatoms. The normalized spacial score (nSPS) is 22.2. The third-order valence-electron chi connectivity index (χ3n) is 4.09. The number of hydrogen-bond acceptors (Lipinski definition) is 4. The number of halogens is 1. The Morgan fingerprint density at radius 2 is 2.04 bits per heavy atom. The van der Waals surface area contributed by atoms with E-state index in [1.165, 1.54) is 16.4 Å². The molecule has 1 fully saturated rings. The zero-order chi connectivity index (χ0) is 17.0. The first-order valence-corrected chi connectivity index (χ1v) is 9.31. The van der Waals surface area contributed by atoms with Gasteiger partial charge in [-0.3, -0.25) is 0 Å². The Bertz CT molecular complexity index is 622. The molecule has 5 nitrogen and oxygen atoms in total. The molecule has 0 N–H and O–H groups in total. The quantitative estimate of drug-likeness (QED) is 0.755. The highest BCUT2D eigenvalue weighted by Crippen LogP contribution is 2.25. The fraction of sp³-hybridized carbons (Fsp3) is 0.625. The standard InChI is InChI=1S/C16H25FN2O3S/c1-13-16(7-10-22-13)23(20,21)19(9-8-18(2)3)12-14-5-4-6-15(17)11-14/h4-6,11,13,16H,7-10,12H2,1-3H3/t13-,16-/m1/s1. The Hall–Kier alpha value is -1.02. The second kappa shape index (κ2) is 7.70. The molecule has 1 aliphatic heterocycles. The zero-order valence-corrected chi connectivity index (χ0v) is 14.7. The van der Waals surface area contributed by atoms with Gasteiger partial charge < -0.3 is 9.64 Å². The fourth-order valence-electron chi connectivity index (χ4n) is 2.74. The number of nitrogens with zero attached hydrogens (tertiary/aromatic N) is 2. The molecule has 0 saturated carbocycles. The Balaban J connectivity index is 2.22. The maximum absolute atomic E-state index is 13.4. The molecule has 1 heterocycles. The first kappa shape index (κ1) is 18.3. The third-order valence-corrected chi connectivity index (χ3v) is 6.51. The molecule has 0 amide bonds. The van der Waals surface area contributed by atoms with Crippen molar-refractivity contribution in [2.75, 3.05) is 33.8 Å². The lowest BCUT2D eigenvalue weighted by atomic mass is 10.2. The molecular weight excluding hydrogens is 319 g/mol. The maximum Gasteiger partial charge on any atom is 0.219 e. The summed E-state index contributed by atoms with van der Waals surface area (Å²) in [5, 5.41) is -0.529. The first-order chi connectivity index (χ1) is 10.8. The minimum Gasteiger partial charge on any atom is -0.377 e. The summed E-state index contributed by atoms with van der Waals surface area (Å²) in [6.45, 7) is 3.41. The van der Waals surface area contributed by atoms with Crippen LogP contribution in [-0.4, -0.2) is 62.8 Å². The van der Waals surface area contributed by atoms with E-state index in [0.29, 0.717) is 31.7 Å². The minimum atomic E-state index is -3.50. The Morgan fingerprint density at radius 1 is 1.30 bits per heavy atom. The van der Waals surface area contributed by atoms with Crippen LogP contribution in [-0.2, 0) is 21.3 Å². The monoisotopic (exact) mass is 344 g/mol. The molecule has 0 aliphatic carbocycles. The number of sulfonamides is 1. The zero-order valence-electron chi connectivity index (χ0n) is 13.9. The summed E-state index contributed by atoms with van der Waals surface area (Å²) in [5.41, 5.74) is 0.652. The van der Waals surface area contributed by atoms with E-state index in [1.54, 1.807) is 19.1 Å². The number of benzene rings is 1. The fourth-order valence-corrected chi connectivity index (χ4v) is 4.75. The number of rotatable bonds is 7. The van der Waals surface area contributed by atoms with Crippen molar-refractivity contribution in [1.29, 1.82) is 0 Å². The first-order valence-electron chi connectivity index (χ1n) is 7.80. The molecule has 23 heavy (non-hydrogen) atoms. The number of likely N-dealkylation sites (N-methyl/N-ethyl adjacent to an activating group) is 1. The maximum atomic E-state index is 13.4. The molecule has 1 saturated heterocycles. The largest absolute Gasteiger partial charge is 0.377 e. The molecule has 0 bridgehead atoms. The molecule has 0 radical (unpaired) electrons. The highest BCUT2D eigenvalue weighted by molar-refractivity contribution is 7.89. The van der Waals surface area contributed by atoms with Gasteiger partial charge in [0.25, 0.3) is 0 Å². The van der Waals surface area contributed by atoms with Gasteiger partial charge in [0.1, 0.15) is 11.1 Å². The predicted octanol–water partition coefficient (Wildman–Crippen LogP) is 1.70. The van der Waals surface area contributed by atoms with E-state index < -0.39 is 15.3 Å². The van der Waals surface area contributed by atoms with Gasteiger partial charge in [0.2, 0.25) is 10.0 Å². The average Bonchev–Trinajstić information content (AvgIpc) is 2.90. The van der Waals surface area contributed by atoms with Crippen LogP contribution in [0.15, 0.2) is 24.3 Å². The van der Waals surface area contributed by atoms with Gasteiger partial charge in [-0.1, -0.05) is 12.1 Å². The molecule has 0 unspecified atom stereocenters. The van der Waals surface area contributed by atoms with Crippen molar-refractivity contribution in [2.45, 2.75) is 31.2 Å². The van der Waals surface area contributed by atoms with Gasteiger partial charge in [0.15, 0.2) is 0 Å². The second-order valence-electron chi connectivity index (χ2n) is 6.21. The van der Waals surface area contributed by atoms with Crippen molar-refractivity contribution in [1.82, 2.24) is 9.21 Å². The van der Waals surface area contributed by atoms with E-state index in [0.717, 1.165) is 0 Å². The lowest BCUT2D eigenvalue weighted by Crippen LogP contribution is -2.43. The predicted molar refractivity (Wildman–Crippen MR) is 88.1 cm³/mol. The van der Waals surface area contributed by atoms with Crippen LogP contribution < -0.4 is 0 Å². The highest BCUT2D eigenvalue weighted by atomic mass is 32.2. The highest BCUT2D eigenvalue weighted by Gasteiger charge is 2.39. The van der Waals surface area contributed by atoms with Gasteiger partial charge in [0.05, 0.1) is 6.10 Å². The van der Waals surface area contributed by atoms with Crippen LogP contribution in [0, 0.1) is 5.82 Å². The van der Waals surface area contributed by atoms with Gasteiger partial charge in [-0.25, -0.2) is 12.8 Å².